The van der Waals surface area contributed by atoms with Crippen LogP contribution in [0, 0.1) is 0 Å². The van der Waals surface area contributed by atoms with Crippen LogP contribution in [0.4, 0.5) is 5.69 Å². The Morgan fingerprint density at radius 3 is 2.69 bits per heavy atom. The van der Waals surface area contributed by atoms with Gasteiger partial charge in [-0.25, -0.2) is 13.6 Å². The Morgan fingerprint density at radius 1 is 1.44 bits per heavy atom. The summed E-state index contributed by atoms with van der Waals surface area (Å²) < 4.78 is 22.1. The minimum atomic E-state index is -3.72. The fourth-order valence-corrected chi connectivity index (χ4v) is 1.64. The lowest BCUT2D eigenvalue weighted by molar-refractivity contribution is 0.105. The lowest BCUT2D eigenvalue weighted by atomic mass is 10.3. The molecule has 1 unspecified atom stereocenters. The van der Waals surface area contributed by atoms with E-state index in [1.165, 1.54) is 18.2 Å². The molecule has 0 saturated heterocycles. The van der Waals surface area contributed by atoms with Crippen LogP contribution in [0.2, 0.25) is 0 Å². The standard InChI is InChI=1S/C9H14N2O4S/c10-16(14,15)9-3-1-2-7(4-9)11-5-8(13)6-12/h1-4,8,11-13H,5-6H2,(H2,10,14,15). The number of hydrogen-bond acceptors (Lipinski definition) is 5. The molecule has 0 radical (unpaired) electrons. The van der Waals surface area contributed by atoms with Gasteiger partial charge < -0.3 is 15.5 Å². The molecule has 0 aliphatic heterocycles. The molecule has 0 fully saturated rings. The summed E-state index contributed by atoms with van der Waals surface area (Å²) in [5.74, 6) is 0. The van der Waals surface area contributed by atoms with E-state index < -0.39 is 16.1 Å². The van der Waals surface area contributed by atoms with Gasteiger partial charge in [-0.2, -0.15) is 0 Å². The zero-order valence-corrected chi connectivity index (χ0v) is 9.31. The van der Waals surface area contributed by atoms with Crippen LogP contribution in [0.3, 0.4) is 0 Å². The fourth-order valence-electron chi connectivity index (χ4n) is 1.08. The second kappa shape index (κ2) is 5.26. The van der Waals surface area contributed by atoms with Gasteiger partial charge in [0.05, 0.1) is 17.6 Å². The monoisotopic (exact) mass is 246 g/mol. The van der Waals surface area contributed by atoms with E-state index in [0.29, 0.717) is 5.69 Å². The summed E-state index contributed by atoms with van der Waals surface area (Å²) in [7, 11) is -3.72. The van der Waals surface area contributed by atoms with Gasteiger partial charge in [0.2, 0.25) is 10.0 Å². The van der Waals surface area contributed by atoms with E-state index in [1.54, 1.807) is 6.07 Å². The first-order valence-corrected chi connectivity index (χ1v) is 6.14. The Morgan fingerprint density at radius 2 is 2.12 bits per heavy atom. The summed E-state index contributed by atoms with van der Waals surface area (Å²) in [4.78, 5) is -0.00371. The predicted octanol–water partition coefficient (Wildman–Crippen LogP) is -0.901. The van der Waals surface area contributed by atoms with E-state index in [2.05, 4.69) is 5.32 Å². The van der Waals surface area contributed by atoms with Gasteiger partial charge in [-0.15, -0.1) is 0 Å². The molecule has 5 N–H and O–H groups in total. The van der Waals surface area contributed by atoms with Crippen LogP contribution in [0.15, 0.2) is 29.2 Å². The van der Waals surface area contributed by atoms with Crippen molar-refractivity contribution < 1.29 is 18.6 Å². The van der Waals surface area contributed by atoms with E-state index in [4.69, 9.17) is 15.4 Å². The zero-order chi connectivity index (χ0) is 12.2. The molecule has 0 heterocycles. The van der Waals surface area contributed by atoms with Crippen LogP contribution in [-0.4, -0.2) is 37.9 Å². The van der Waals surface area contributed by atoms with Crippen LogP contribution in [0.5, 0.6) is 0 Å². The highest BCUT2D eigenvalue weighted by Gasteiger charge is 2.08. The molecule has 1 aromatic rings. The Bertz CT molecular complexity index is 447. The normalized spacial score (nSPS) is 13.4. The van der Waals surface area contributed by atoms with E-state index in [9.17, 15) is 8.42 Å². The topological polar surface area (TPSA) is 113 Å². The van der Waals surface area contributed by atoms with Gasteiger partial charge >= 0.3 is 0 Å². The van der Waals surface area contributed by atoms with E-state index in [-0.39, 0.29) is 18.0 Å². The molecule has 1 aromatic carbocycles. The highest BCUT2D eigenvalue weighted by atomic mass is 32.2. The first-order chi connectivity index (χ1) is 7.43. The Labute approximate surface area is 93.8 Å². The molecule has 0 spiro atoms. The summed E-state index contributed by atoms with van der Waals surface area (Å²) in [6, 6.07) is 5.91. The van der Waals surface area contributed by atoms with Crippen LogP contribution < -0.4 is 10.5 Å². The van der Waals surface area contributed by atoms with Crippen molar-refractivity contribution >= 4 is 15.7 Å². The number of anilines is 1. The molecule has 0 amide bonds. The third-order valence-electron chi connectivity index (χ3n) is 1.92. The number of sulfonamides is 1. The number of nitrogens with two attached hydrogens (primary N) is 1. The fraction of sp³-hybridized carbons (Fsp3) is 0.333. The highest BCUT2D eigenvalue weighted by molar-refractivity contribution is 7.89. The van der Waals surface area contributed by atoms with E-state index >= 15 is 0 Å². The Balaban J connectivity index is 2.76. The summed E-state index contributed by atoms with van der Waals surface area (Å²) >= 11 is 0. The molecule has 0 aromatic heterocycles. The number of nitrogens with one attached hydrogen (secondary N) is 1. The van der Waals surface area contributed by atoms with Crippen molar-refractivity contribution in [2.24, 2.45) is 5.14 Å². The van der Waals surface area contributed by atoms with Gasteiger partial charge in [0.25, 0.3) is 0 Å². The lowest BCUT2D eigenvalue weighted by Gasteiger charge is -2.10. The molecule has 0 aliphatic carbocycles. The van der Waals surface area contributed by atoms with Crippen LogP contribution >= 0.6 is 0 Å². The number of aliphatic hydroxyl groups excluding tert-OH is 2. The van der Waals surface area contributed by atoms with Crippen molar-refractivity contribution in [1.29, 1.82) is 0 Å². The van der Waals surface area contributed by atoms with Crippen molar-refractivity contribution in [3.63, 3.8) is 0 Å². The van der Waals surface area contributed by atoms with Gasteiger partial charge in [-0.1, -0.05) is 6.07 Å². The average Bonchev–Trinajstić information content (AvgIpc) is 2.25. The summed E-state index contributed by atoms with van der Waals surface area (Å²) in [5.41, 5.74) is 0.513. The molecule has 0 bridgehead atoms. The molecular weight excluding hydrogens is 232 g/mol. The summed E-state index contributed by atoms with van der Waals surface area (Å²) in [5, 5.41) is 25.4. The van der Waals surface area contributed by atoms with Gasteiger partial charge in [0, 0.05) is 12.2 Å². The highest BCUT2D eigenvalue weighted by Crippen LogP contribution is 2.13. The number of primary sulfonamides is 1. The molecule has 0 saturated carbocycles. The molecule has 6 nitrogen and oxygen atoms in total. The maximum Gasteiger partial charge on any atom is 0.238 e. The average molecular weight is 246 g/mol. The van der Waals surface area contributed by atoms with Crippen molar-refractivity contribution in [3.05, 3.63) is 24.3 Å². The molecule has 16 heavy (non-hydrogen) atoms. The predicted molar refractivity (Wildman–Crippen MR) is 59.4 cm³/mol. The minimum Gasteiger partial charge on any atom is -0.394 e. The molecular formula is C9H14N2O4S. The van der Waals surface area contributed by atoms with Crippen LogP contribution in [0.25, 0.3) is 0 Å². The number of rotatable bonds is 5. The van der Waals surface area contributed by atoms with E-state index in [1.807, 2.05) is 0 Å². The lowest BCUT2D eigenvalue weighted by Crippen LogP contribution is -2.23. The second-order valence-electron chi connectivity index (χ2n) is 3.29. The third kappa shape index (κ3) is 3.78. The molecule has 90 valence electrons. The maximum absolute atomic E-state index is 11.0. The van der Waals surface area contributed by atoms with Gasteiger partial charge in [0.15, 0.2) is 0 Å². The zero-order valence-electron chi connectivity index (χ0n) is 8.50. The SMILES string of the molecule is NS(=O)(=O)c1cccc(NCC(O)CO)c1. The molecule has 1 rings (SSSR count). The minimum absolute atomic E-state index is 0.00371. The summed E-state index contributed by atoms with van der Waals surface area (Å²) in [6.45, 7) is -0.230. The van der Waals surface area contributed by atoms with Gasteiger partial charge in [-0.3, -0.25) is 0 Å². The van der Waals surface area contributed by atoms with Gasteiger partial charge in [-0.05, 0) is 18.2 Å². The van der Waals surface area contributed by atoms with Crippen molar-refractivity contribution in [1.82, 2.24) is 0 Å². The van der Waals surface area contributed by atoms with Gasteiger partial charge in [0.1, 0.15) is 0 Å². The largest absolute Gasteiger partial charge is 0.394 e. The third-order valence-corrected chi connectivity index (χ3v) is 2.83. The van der Waals surface area contributed by atoms with Crippen molar-refractivity contribution in [2.45, 2.75) is 11.0 Å². The first kappa shape index (κ1) is 12.9. The smallest absolute Gasteiger partial charge is 0.238 e. The first-order valence-electron chi connectivity index (χ1n) is 4.59. The molecule has 0 aliphatic rings. The number of hydrogen-bond donors (Lipinski definition) is 4. The molecule has 1 atom stereocenters. The second-order valence-corrected chi connectivity index (χ2v) is 4.85. The quantitative estimate of drug-likeness (QED) is 0.538. The number of aliphatic hydroxyl groups is 2. The van der Waals surface area contributed by atoms with E-state index in [0.717, 1.165) is 0 Å². The van der Waals surface area contributed by atoms with Crippen LogP contribution in [0.1, 0.15) is 0 Å². The number of benzene rings is 1. The maximum atomic E-state index is 11.0. The Hall–Kier alpha value is -1.15. The van der Waals surface area contributed by atoms with Crippen LogP contribution in [-0.2, 0) is 10.0 Å². The van der Waals surface area contributed by atoms with Crippen molar-refractivity contribution in [2.75, 3.05) is 18.5 Å². The Kier molecular flexibility index (Phi) is 4.25. The molecule has 7 heteroatoms. The summed E-state index contributed by atoms with van der Waals surface area (Å²) in [6.07, 6.45) is -0.891. The van der Waals surface area contributed by atoms with Crippen molar-refractivity contribution in [3.8, 4) is 0 Å².